The van der Waals surface area contributed by atoms with E-state index in [1.807, 2.05) is 0 Å². The Morgan fingerprint density at radius 3 is 0.474 bits per heavy atom. The molecule has 0 bridgehead atoms. The van der Waals surface area contributed by atoms with Crippen LogP contribution in [0.2, 0.25) is 0 Å². The maximum atomic E-state index is 8.65. The summed E-state index contributed by atoms with van der Waals surface area (Å²) < 4.78 is 104. The molecule has 0 saturated heterocycles. The third-order valence-electron chi connectivity index (χ3n) is 0. The minimum absolute atomic E-state index is 0. The van der Waals surface area contributed by atoms with Crippen LogP contribution in [0.15, 0.2) is 0 Å². The molecule has 19 heavy (non-hydrogen) atoms. The Balaban J connectivity index is -0.0000000129. The summed E-state index contributed by atoms with van der Waals surface area (Å²) in [6.07, 6.45) is 0. The van der Waals surface area contributed by atoms with Crippen molar-refractivity contribution in [3.8, 4) is 0 Å². The molecule has 2 radical (unpaired) electrons. The molecule has 0 saturated carbocycles. The first-order valence-electron chi connectivity index (χ1n) is 2.00. The van der Waals surface area contributed by atoms with E-state index in [2.05, 4.69) is 0 Å². The summed E-state index contributed by atoms with van der Waals surface area (Å²) in [7, 11) is 0. The van der Waals surface area contributed by atoms with Crippen molar-refractivity contribution in [1.29, 1.82) is 0 Å². The van der Waals surface area contributed by atoms with Crippen LogP contribution < -0.4 is 125 Å². The first-order chi connectivity index (χ1) is 6.00. The molecule has 0 aromatic heterocycles. The van der Waals surface area contributed by atoms with E-state index in [1.165, 1.54) is 0 Å². The van der Waals surface area contributed by atoms with Crippen LogP contribution in [0, 0.1) is 79.9 Å². The van der Waals surface area contributed by atoms with Gasteiger partial charge in [0, 0.05) is 0 Å². The van der Waals surface area contributed by atoms with Gasteiger partial charge in [0.1, 0.15) is 0 Å². The second kappa shape index (κ2) is 22.6. The van der Waals surface area contributed by atoms with Gasteiger partial charge in [0.05, 0.1) is 0 Å². The van der Waals surface area contributed by atoms with Crippen LogP contribution in [0.3, 0.4) is 0 Å². The SMILES string of the molecule is [Gd+3].[Gd+3].[H-].[H-].[K+].[K+].[O]=[W](=[O])([O-])[O-].[O]=[W](=[O])([O-])[O-].[O]=[W](=[O])([O-])[O-]. The van der Waals surface area contributed by atoms with Gasteiger partial charge >= 0.3 is 276 Å². The average molecular weight is 1140 g/mol. The fourth-order valence-corrected chi connectivity index (χ4v) is 0. The molecule has 0 aliphatic carbocycles. The number of hydrogen-bond donors (Lipinski definition) is 0. The van der Waals surface area contributed by atoms with Crippen molar-refractivity contribution < 1.29 is 279 Å². The van der Waals surface area contributed by atoms with Crippen LogP contribution >= 0.6 is 0 Å². The van der Waals surface area contributed by atoms with Gasteiger partial charge in [-0.05, 0) is 0 Å². The van der Waals surface area contributed by atoms with Crippen LogP contribution in [0.1, 0.15) is 2.85 Å². The zero-order chi connectivity index (χ0) is 13.5. The van der Waals surface area contributed by atoms with Crippen LogP contribution in [0.5, 0.6) is 0 Å². The number of hydrogen-bond acceptors (Lipinski definition) is 12. The van der Waals surface area contributed by atoms with Crippen LogP contribution in [0.4, 0.5) is 0 Å². The quantitative estimate of drug-likeness (QED) is 0.206. The van der Waals surface area contributed by atoms with Crippen molar-refractivity contribution in [3.63, 3.8) is 0 Å². The Hall–Kier alpha value is 6.55. The third kappa shape index (κ3) is 291. The Morgan fingerprint density at radius 2 is 0.474 bits per heavy atom. The summed E-state index contributed by atoms with van der Waals surface area (Å²) in [4.78, 5) is 0. The van der Waals surface area contributed by atoms with E-state index in [1.54, 1.807) is 0 Å². The van der Waals surface area contributed by atoms with Gasteiger partial charge in [0.25, 0.3) is 0 Å². The van der Waals surface area contributed by atoms with Crippen molar-refractivity contribution in [3.05, 3.63) is 0 Å². The fraction of sp³-hybridized carbons (Fsp3) is 0. The Morgan fingerprint density at radius 1 is 0.474 bits per heavy atom. The molecular formula is H2Gd2K2O12W3. The van der Waals surface area contributed by atoms with E-state index in [9.17, 15) is 0 Å². The number of rotatable bonds is 0. The Labute approximate surface area is 270 Å². The molecule has 12 nitrogen and oxygen atoms in total. The van der Waals surface area contributed by atoms with Gasteiger partial charge in [-0.2, -0.15) is 0 Å². The van der Waals surface area contributed by atoms with E-state index in [4.69, 9.17) is 42.9 Å². The molecule has 0 N–H and O–H groups in total. The molecule has 0 aromatic rings. The standard InChI is InChI=1S/2Gd.2K.12O.3W.2H/q2*+3;2*+1;;;;;;;6*-1;;;;2*-1. The van der Waals surface area contributed by atoms with E-state index in [-0.39, 0.29) is 186 Å². The second-order valence-corrected chi connectivity index (χ2v) is 10.0. The summed E-state index contributed by atoms with van der Waals surface area (Å²) in [6, 6.07) is 0. The van der Waals surface area contributed by atoms with Crippen molar-refractivity contribution in [2.45, 2.75) is 0 Å². The summed E-state index contributed by atoms with van der Waals surface area (Å²) in [5, 5.41) is 0. The van der Waals surface area contributed by atoms with Gasteiger partial charge in [0.2, 0.25) is 0 Å². The average Bonchev–Trinajstić information content (AvgIpc) is 1.41. The topological polar surface area (TPSA) is 241 Å². The molecule has 0 amide bonds. The van der Waals surface area contributed by atoms with Crippen molar-refractivity contribution in [2.24, 2.45) is 0 Å². The fourth-order valence-electron chi connectivity index (χ4n) is 0. The van der Waals surface area contributed by atoms with E-state index < -0.39 is 50.2 Å². The second-order valence-electron chi connectivity index (χ2n) is 1.22. The van der Waals surface area contributed by atoms with Crippen LogP contribution in [-0.4, -0.2) is 0 Å². The van der Waals surface area contributed by atoms with Crippen molar-refractivity contribution >= 4 is 0 Å². The molecule has 0 heterocycles. The van der Waals surface area contributed by atoms with Gasteiger partial charge in [-0.3, -0.25) is 0 Å². The van der Waals surface area contributed by atoms with Gasteiger partial charge in [-0.15, -0.1) is 0 Å². The molecule has 110 valence electrons. The van der Waals surface area contributed by atoms with Gasteiger partial charge in [0.15, 0.2) is 0 Å². The molecule has 0 unspecified atom stereocenters. The van der Waals surface area contributed by atoms with E-state index in [0.29, 0.717) is 0 Å². The molecule has 0 rings (SSSR count). The van der Waals surface area contributed by atoms with Crippen molar-refractivity contribution in [1.82, 2.24) is 0 Å². The summed E-state index contributed by atoms with van der Waals surface area (Å²) >= 11 is -18.5. The van der Waals surface area contributed by atoms with E-state index in [0.717, 1.165) is 0 Å². The monoisotopic (exact) mass is 1140 g/mol. The van der Waals surface area contributed by atoms with Gasteiger partial charge in [-0.25, -0.2) is 0 Å². The molecule has 0 aliphatic rings. The van der Waals surface area contributed by atoms with Crippen LogP contribution in [0.25, 0.3) is 0 Å². The van der Waals surface area contributed by atoms with Gasteiger partial charge in [-0.1, -0.05) is 0 Å². The maximum absolute atomic E-state index is 8.65. The molecule has 0 atom stereocenters. The summed E-state index contributed by atoms with van der Waals surface area (Å²) in [5.41, 5.74) is 0. The molecule has 0 aromatic carbocycles. The molecule has 0 fully saturated rings. The first kappa shape index (κ1) is 44.7. The predicted octanol–water partition coefficient (Wildman–Crippen LogP) is -13.6. The zero-order valence-corrected chi connectivity index (χ0v) is 28.4. The summed E-state index contributed by atoms with van der Waals surface area (Å²) in [6.45, 7) is 0. The van der Waals surface area contributed by atoms with Crippen LogP contribution in [-0.2, 0) is 70.6 Å². The third-order valence-corrected chi connectivity index (χ3v) is 0. The first-order valence-corrected chi connectivity index (χ1v) is 16.4. The minimum atomic E-state index is -6.17. The van der Waals surface area contributed by atoms with Gasteiger partial charge < -0.3 is 2.85 Å². The molecule has 0 aliphatic heterocycles. The molecule has 0 spiro atoms. The predicted molar refractivity (Wildman–Crippen MR) is 6.34 cm³/mol. The Kier molecular flexibility index (Phi) is 53.2. The molecule has 19 heteroatoms. The van der Waals surface area contributed by atoms with E-state index >= 15 is 0 Å². The Bertz CT molecular complexity index is 359. The normalized spacial score (nSPS) is 9.16. The molecular weight excluding hydrogens is 1140 g/mol. The summed E-state index contributed by atoms with van der Waals surface area (Å²) in [5.74, 6) is 0. The van der Waals surface area contributed by atoms with Crippen molar-refractivity contribution in [2.75, 3.05) is 0 Å². The zero-order valence-electron chi connectivity index (χ0n) is 10.8.